The van der Waals surface area contributed by atoms with Crippen molar-refractivity contribution in [3.63, 3.8) is 0 Å². The molecule has 2 aromatic rings. The first-order valence-corrected chi connectivity index (χ1v) is 7.45. The standard InChI is InChI=1S/C16H16ClNO/c17-13-7-3-6-11-12(8-18-15(11)13)16(19)14-9-4-1-2-5-10(9)14/h3,6-10,14,18H,1-2,4-5H2. The molecule has 2 saturated carbocycles. The van der Waals surface area contributed by atoms with E-state index in [1.807, 2.05) is 24.4 Å². The number of rotatable bonds is 2. The number of carbonyl (C=O) groups is 1. The second-order valence-corrected chi connectivity index (χ2v) is 6.27. The van der Waals surface area contributed by atoms with E-state index >= 15 is 0 Å². The predicted octanol–water partition coefficient (Wildman–Crippen LogP) is 4.44. The largest absolute Gasteiger partial charge is 0.359 e. The number of aromatic amines is 1. The average Bonchev–Trinajstić information content (AvgIpc) is 2.99. The van der Waals surface area contributed by atoms with Gasteiger partial charge in [0.1, 0.15) is 0 Å². The molecule has 2 fully saturated rings. The van der Waals surface area contributed by atoms with Crippen molar-refractivity contribution in [3.8, 4) is 0 Å². The molecule has 1 aromatic carbocycles. The molecule has 0 aliphatic heterocycles. The van der Waals surface area contributed by atoms with Gasteiger partial charge >= 0.3 is 0 Å². The van der Waals surface area contributed by atoms with E-state index in [9.17, 15) is 4.79 Å². The predicted molar refractivity (Wildman–Crippen MR) is 76.6 cm³/mol. The number of ketones is 1. The van der Waals surface area contributed by atoms with Crippen molar-refractivity contribution in [2.24, 2.45) is 17.8 Å². The monoisotopic (exact) mass is 273 g/mol. The maximum atomic E-state index is 12.7. The topological polar surface area (TPSA) is 32.9 Å². The number of para-hydroxylation sites is 1. The van der Waals surface area contributed by atoms with Gasteiger partial charge in [-0.05, 0) is 30.7 Å². The van der Waals surface area contributed by atoms with Crippen molar-refractivity contribution in [3.05, 3.63) is 35.0 Å². The SMILES string of the molecule is O=C(c1c[nH]c2c(Cl)cccc12)C1C2CCCCC21. The van der Waals surface area contributed by atoms with E-state index in [4.69, 9.17) is 11.6 Å². The lowest BCUT2D eigenvalue weighted by molar-refractivity contribution is 0.0958. The molecule has 2 atom stereocenters. The molecular weight excluding hydrogens is 258 g/mol. The molecule has 1 N–H and O–H groups in total. The van der Waals surface area contributed by atoms with Crippen molar-refractivity contribution in [1.29, 1.82) is 0 Å². The Morgan fingerprint density at radius 1 is 1.21 bits per heavy atom. The molecule has 0 saturated heterocycles. The molecule has 0 spiro atoms. The van der Waals surface area contributed by atoms with Gasteiger partial charge in [0.25, 0.3) is 0 Å². The van der Waals surface area contributed by atoms with Gasteiger partial charge in [0.2, 0.25) is 0 Å². The fourth-order valence-electron chi connectivity index (χ4n) is 3.88. The highest BCUT2D eigenvalue weighted by Gasteiger charge is 2.54. The number of fused-ring (bicyclic) bond motifs is 2. The summed E-state index contributed by atoms with van der Waals surface area (Å²) >= 11 is 6.15. The van der Waals surface area contributed by atoms with Crippen LogP contribution in [0.5, 0.6) is 0 Å². The van der Waals surface area contributed by atoms with Gasteiger partial charge in [-0.15, -0.1) is 0 Å². The van der Waals surface area contributed by atoms with Crippen LogP contribution in [-0.4, -0.2) is 10.8 Å². The highest BCUT2D eigenvalue weighted by atomic mass is 35.5. The summed E-state index contributed by atoms with van der Waals surface area (Å²) in [5.74, 6) is 1.92. The first kappa shape index (κ1) is 11.5. The number of halogens is 1. The van der Waals surface area contributed by atoms with E-state index in [0.29, 0.717) is 22.6 Å². The maximum Gasteiger partial charge on any atom is 0.168 e. The van der Waals surface area contributed by atoms with Crippen LogP contribution in [0.3, 0.4) is 0 Å². The molecule has 1 aromatic heterocycles. The van der Waals surface area contributed by atoms with Crippen LogP contribution < -0.4 is 0 Å². The quantitative estimate of drug-likeness (QED) is 0.806. The van der Waals surface area contributed by atoms with E-state index in [2.05, 4.69) is 4.98 Å². The highest BCUT2D eigenvalue weighted by molar-refractivity contribution is 6.35. The molecule has 2 unspecified atom stereocenters. The second-order valence-electron chi connectivity index (χ2n) is 5.87. The van der Waals surface area contributed by atoms with Crippen molar-refractivity contribution in [1.82, 2.24) is 4.98 Å². The Morgan fingerprint density at radius 2 is 1.95 bits per heavy atom. The van der Waals surface area contributed by atoms with Crippen molar-refractivity contribution in [2.75, 3.05) is 0 Å². The molecule has 2 aliphatic carbocycles. The van der Waals surface area contributed by atoms with Gasteiger partial charge in [-0.1, -0.05) is 36.6 Å². The molecule has 3 heteroatoms. The highest BCUT2D eigenvalue weighted by Crippen LogP contribution is 2.56. The third-order valence-corrected chi connectivity index (χ3v) is 5.20. The van der Waals surface area contributed by atoms with Crippen LogP contribution in [0.1, 0.15) is 36.0 Å². The van der Waals surface area contributed by atoms with Crippen LogP contribution in [0.4, 0.5) is 0 Å². The van der Waals surface area contributed by atoms with Crippen LogP contribution in [0.2, 0.25) is 5.02 Å². The summed E-state index contributed by atoms with van der Waals surface area (Å²) in [7, 11) is 0. The molecule has 1 heterocycles. The Hall–Kier alpha value is -1.28. The fourth-order valence-corrected chi connectivity index (χ4v) is 4.11. The molecule has 2 nitrogen and oxygen atoms in total. The first-order chi connectivity index (χ1) is 9.27. The zero-order valence-corrected chi connectivity index (χ0v) is 11.4. The number of H-pyrrole nitrogens is 1. The van der Waals surface area contributed by atoms with Crippen LogP contribution in [0, 0.1) is 17.8 Å². The Balaban J connectivity index is 1.71. The van der Waals surface area contributed by atoms with E-state index in [0.717, 1.165) is 16.5 Å². The molecule has 19 heavy (non-hydrogen) atoms. The molecule has 0 radical (unpaired) electrons. The van der Waals surface area contributed by atoms with Gasteiger partial charge in [0.15, 0.2) is 5.78 Å². The minimum Gasteiger partial charge on any atom is -0.359 e. The van der Waals surface area contributed by atoms with Crippen molar-refractivity contribution < 1.29 is 4.79 Å². The first-order valence-electron chi connectivity index (χ1n) is 7.07. The second kappa shape index (κ2) is 4.11. The van der Waals surface area contributed by atoms with Crippen LogP contribution in [0.25, 0.3) is 10.9 Å². The van der Waals surface area contributed by atoms with Gasteiger partial charge in [-0.2, -0.15) is 0 Å². The average molecular weight is 274 g/mol. The van der Waals surface area contributed by atoms with Gasteiger partial charge in [0, 0.05) is 23.1 Å². The van der Waals surface area contributed by atoms with E-state index in [1.54, 1.807) is 0 Å². The molecule has 4 rings (SSSR count). The lowest BCUT2D eigenvalue weighted by Crippen LogP contribution is -2.03. The molecular formula is C16H16ClNO. The minimum absolute atomic E-state index is 0.278. The summed E-state index contributed by atoms with van der Waals surface area (Å²) in [5, 5.41) is 1.66. The molecule has 98 valence electrons. The van der Waals surface area contributed by atoms with Gasteiger partial charge in [0.05, 0.1) is 10.5 Å². The summed E-state index contributed by atoms with van der Waals surface area (Å²) in [4.78, 5) is 15.8. The third kappa shape index (κ3) is 1.66. The smallest absolute Gasteiger partial charge is 0.168 e. The molecule has 0 bridgehead atoms. The summed E-state index contributed by atoms with van der Waals surface area (Å²) in [5.41, 5.74) is 1.72. The summed E-state index contributed by atoms with van der Waals surface area (Å²) in [6.07, 6.45) is 6.91. The number of aromatic nitrogens is 1. The van der Waals surface area contributed by atoms with Crippen LogP contribution in [0.15, 0.2) is 24.4 Å². The number of hydrogen-bond donors (Lipinski definition) is 1. The van der Waals surface area contributed by atoms with E-state index < -0.39 is 0 Å². The number of nitrogens with one attached hydrogen (secondary N) is 1. The Morgan fingerprint density at radius 3 is 2.68 bits per heavy atom. The normalized spacial score (nSPS) is 29.2. The zero-order chi connectivity index (χ0) is 13.0. The minimum atomic E-state index is 0.278. The summed E-state index contributed by atoms with van der Waals surface area (Å²) in [6, 6.07) is 5.75. The van der Waals surface area contributed by atoms with E-state index in [-0.39, 0.29) is 5.92 Å². The number of carbonyl (C=O) groups excluding carboxylic acids is 1. The van der Waals surface area contributed by atoms with Crippen LogP contribution in [-0.2, 0) is 0 Å². The lowest BCUT2D eigenvalue weighted by Gasteiger charge is -2.04. The Labute approximate surface area is 117 Å². The number of hydrogen-bond acceptors (Lipinski definition) is 1. The van der Waals surface area contributed by atoms with Gasteiger partial charge in [-0.25, -0.2) is 0 Å². The number of Topliss-reactive ketones (excluding diaryl/α,β-unsaturated/α-hetero) is 1. The molecule has 0 amide bonds. The Bertz CT molecular complexity index is 648. The number of benzene rings is 1. The maximum absolute atomic E-state index is 12.7. The molecule has 2 aliphatic rings. The van der Waals surface area contributed by atoms with Crippen molar-refractivity contribution >= 4 is 28.3 Å². The third-order valence-electron chi connectivity index (χ3n) is 4.89. The van der Waals surface area contributed by atoms with E-state index in [1.165, 1.54) is 25.7 Å². The van der Waals surface area contributed by atoms with Crippen LogP contribution >= 0.6 is 11.6 Å². The Kier molecular flexibility index (Phi) is 2.49. The van der Waals surface area contributed by atoms with Gasteiger partial charge in [-0.3, -0.25) is 4.79 Å². The lowest BCUT2D eigenvalue weighted by atomic mass is 10.0. The summed E-state index contributed by atoms with van der Waals surface area (Å²) in [6.45, 7) is 0. The van der Waals surface area contributed by atoms with Crippen molar-refractivity contribution in [2.45, 2.75) is 25.7 Å². The zero-order valence-electron chi connectivity index (χ0n) is 10.7. The fraction of sp³-hybridized carbons (Fsp3) is 0.438. The van der Waals surface area contributed by atoms with Gasteiger partial charge < -0.3 is 4.98 Å². The summed E-state index contributed by atoms with van der Waals surface area (Å²) < 4.78 is 0.